The molecule has 2 aromatic heterocycles. The average molecular weight is 353 g/mol. The first-order valence-corrected chi connectivity index (χ1v) is 9.21. The third kappa shape index (κ3) is 2.56. The van der Waals surface area contributed by atoms with E-state index in [9.17, 15) is 8.42 Å². The van der Waals surface area contributed by atoms with Crippen molar-refractivity contribution in [3.8, 4) is 0 Å². The molecule has 0 aromatic carbocycles. The fourth-order valence-electron chi connectivity index (χ4n) is 3.36. The summed E-state index contributed by atoms with van der Waals surface area (Å²) in [5.74, 6) is 0. The lowest BCUT2D eigenvalue weighted by atomic mass is 10.1. The van der Waals surface area contributed by atoms with Gasteiger partial charge in [-0.2, -0.15) is 9.40 Å². The SMILES string of the molecule is COC[C@@H]1Cc2c(ncn2C)CN1S(=O)(=O)c1c(C)nn(C)c1C. The highest BCUT2D eigenvalue weighted by atomic mass is 32.2. The van der Waals surface area contributed by atoms with Gasteiger partial charge in [0.1, 0.15) is 4.90 Å². The molecule has 132 valence electrons. The minimum absolute atomic E-state index is 0.250. The van der Waals surface area contributed by atoms with Gasteiger partial charge in [-0.25, -0.2) is 13.4 Å². The molecule has 9 heteroatoms. The summed E-state index contributed by atoms with van der Waals surface area (Å²) in [5, 5.41) is 4.25. The molecule has 0 radical (unpaired) electrons. The molecule has 3 heterocycles. The van der Waals surface area contributed by atoms with Gasteiger partial charge in [0, 0.05) is 33.3 Å². The lowest BCUT2D eigenvalue weighted by Crippen LogP contribution is -2.47. The molecule has 0 fully saturated rings. The molecule has 8 nitrogen and oxygen atoms in total. The van der Waals surface area contributed by atoms with E-state index in [1.165, 1.54) is 4.31 Å². The van der Waals surface area contributed by atoms with Gasteiger partial charge < -0.3 is 9.30 Å². The standard InChI is InChI=1S/C15H23N5O3S/c1-10-15(11(2)19(4)17-10)24(21,22)20-7-13-14(18(3)9-16-13)6-12(20)8-23-5/h9,12H,6-8H2,1-5H3/t12-/m0/s1. The van der Waals surface area contributed by atoms with E-state index in [1.54, 1.807) is 39.0 Å². The zero-order valence-electron chi connectivity index (χ0n) is 14.6. The molecule has 0 amide bonds. The Balaban J connectivity index is 2.08. The number of rotatable bonds is 4. The molecule has 1 aliphatic rings. The predicted octanol–water partition coefficient (Wildman–Crippen LogP) is 0.532. The number of sulfonamides is 1. The van der Waals surface area contributed by atoms with Gasteiger partial charge in [0.2, 0.25) is 10.0 Å². The zero-order valence-corrected chi connectivity index (χ0v) is 15.5. The maximum absolute atomic E-state index is 13.3. The van der Waals surface area contributed by atoms with Crippen LogP contribution in [-0.4, -0.2) is 51.8 Å². The molecule has 0 spiro atoms. The Morgan fingerprint density at radius 2 is 2.04 bits per heavy atom. The van der Waals surface area contributed by atoms with E-state index in [0.29, 0.717) is 24.4 Å². The van der Waals surface area contributed by atoms with Gasteiger partial charge >= 0.3 is 0 Å². The van der Waals surface area contributed by atoms with Crippen LogP contribution in [0.25, 0.3) is 0 Å². The zero-order chi connectivity index (χ0) is 17.6. The van der Waals surface area contributed by atoms with E-state index in [-0.39, 0.29) is 17.5 Å². The number of ether oxygens (including phenoxy) is 1. The van der Waals surface area contributed by atoms with Crippen LogP contribution in [0.2, 0.25) is 0 Å². The van der Waals surface area contributed by atoms with Crippen molar-refractivity contribution in [2.75, 3.05) is 13.7 Å². The van der Waals surface area contributed by atoms with Crippen molar-refractivity contribution in [3.63, 3.8) is 0 Å². The first kappa shape index (κ1) is 17.1. The number of hydrogen-bond donors (Lipinski definition) is 0. The second-order valence-corrected chi connectivity index (χ2v) is 8.06. The van der Waals surface area contributed by atoms with E-state index in [0.717, 1.165) is 11.4 Å². The monoisotopic (exact) mass is 353 g/mol. The summed E-state index contributed by atoms with van der Waals surface area (Å²) >= 11 is 0. The summed E-state index contributed by atoms with van der Waals surface area (Å²) in [6.45, 7) is 4.08. The number of aryl methyl sites for hydroxylation is 3. The fourth-order valence-corrected chi connectivity index (χ4v) is 5.33. The van der Waals surface area contributed by atoms with Crippen molar-refractivity contribution in [2.45, 2.75) is 37.8 Å². The van der Waals surface area contributed by atoms with E-state index >= 15 is 0 Å². The summed E-state index contributed by atoms with van der Waals surface area (Å²) < 4.78 is 37.0. The van der Waals surface area contributed by atoms with Crippen LogP contribution in [0.1, 0.15) is 22.8 Å². The van der Waals surface area contributed by atoms with Gasteiger partial charge in [-0.3, -0.25) is 4.68 Å². The number of hydrogen-bond acceptors (Lipinski definition) is 5. The molecule has 1 atom stereocenters. The van der Waals surface area contributed by atoms with Crippen molar-refractivity contribution >= 4 is 10.0 Å². The number of methoxy groups -OCH3 is 1. The Morgan fingerprint density at radius 3 is 2.62 bits per heavy atom. The second kappa shape index (κ2) is 5.98. The molecule has 0 aliphatic carbocycles. The minimum Gasteiger partial charge on any atom is -0.383 e. The quantitative estimate of drug-likeness (QED) is 0.801. The van der Waals surface area contributed by atoms with Crippen LogP contribution in [0.5, 0.6) is 0 Å². The lowest BCUT2D eigenvalue weighted by Gasteiger charge is -2.34. The van der Waals surface area contributed by atoms with Gasteiger partial charge in [0.15, 0.2) is 0 Å². The van der Waals surface area contributed by atoms with Crippen LogP contribution in [-0.2, 0) is 41.8 Å². The van der Waals surface area contributed by atoms with Crippen molar-refractivity contribution in [2.24, 2.45) is 14.1 Å². The first-order valence-electron chi connectivity index (χ1n) is 7.77. The van der Waals surface area contributed by atoms with E-state index in [2.05, 4.69) is 10.1 Å². The number of imidazole rings is 1. The van der Waals surface area contributed by atoms with Crippen LogP contribution in [0.4, 0.5) is 0 Å². The van der Waals surface area contributed by atoms with Crippen LogP contribution in [0.15, 0.2) is 11.2 Å². The summed E-state index contributed by atoms with van der Waals surface area (Å²) in [6, 6.07) is -0.262. The van der Waals surface area contributed by atoms with Crippen molar-refractivity contribution in [1.29, 1.82) is 0 Å². The van der Waals surface area contributed by atoms with Gasteiger partial charge in [0.25, 0.3) is 0 Å². The van der Waals surface area contributed by atoms with Gasteiger partial charge in [0.05, 0.1) is 42.6 Å². The number of fused-ring (bicyclic) bond motifs is 1. The Hall–Kier alpha value is -1.71. The molecule has 0 saturated heterocycles. The highest BCUT2D eigenvalue weighted by molar-refractivity contribution is 7.89. The number of nitrogens with zero attached hydrogens (tertiary/aromatic N) is 5. The lowest BCUT2D eigenvalue weighted by molar-refractivity contribution is 0.122. The van der Waals surface area contributed by atoms with Gasteiger partial charge in [-0.15, -0.1) is 0 Å². The fraction of sp³-hybridized carbons (Fsp3) is 0.600. The van der Waals surface area contributed by atoms with E-state index in [1.807, 2.05) is 11.6 Å². The predicted molar refractivity (Wildman–Crippen MR) is 88.0 cm³/mol. The van der Waals surface area contributed by atoms with Gasteiger partial charge in [-0.05, 0) is 13.8 Å². The van der Waals surface area contributed by atoms with Crippen LogP contribution >= 0.6 is 0 Å². The Bertz CT molecular complexity index is 868. The third-order valence-electron chi connectivity index (χ3n) is 4.66. The van der Waals surface area contributed by atoms with E-state index in [4.69, 9.17) is 4.74 Å². The molecular weight excluding hydrogens is 330 g/mol. The van der Waals surface area contributed by atoms with Crippen LogP contribution in [0.3, 0.4) is 0 Å². The van der Waals surface area contributed by atoms with Crippen molar-refractivity contribution < 1.29 is 13.2 Å². The summed E-state index contributed by atoms with van der Waals surface area (Å²) in [5.41, 5.74) is 3.00. The summed E-state index contributed by atoms with van der Waals surface area (Å²) in [7, 11) is 1.58. The molecule has 24 heavy (non-hydrogen) atoms. The largest absolute Gasteiger partial charge is 0.383 e. The maximum Gasteiger partial charge on any atom is 0.247 e. The molecule has 2 aromatic rings. The van der Waals surface area contributed by atoms with Gasteiger partial charge in [-0.1, -0.05) is 0 Å². The Kier molecular flexibility index (Phi) is 4.27. The molecule has 0 N–H and O–H groups in total. The maximum atomic E-state index is 13.3. The molecular formula is C15H23N5O3S. The molecule has 0 saturated carbocycles. The third-order valence-corrected chi connectivity index (χ3v) is 6.81. The Morgan fingerprint density at radius 1 is 1.33 bits per heavy atom. The first-order chi connectivity index (χ1) is 11.3. The number of aromatic nitrogens is 4. The summed E-state index contributed by atoms with van der Waals surface area (Å²) in [4.78, 5) is 4.64. The molecule has 1 aliphatic heterocycles. The van der Waals surface area contributed by atoms with Crippen LogP contribution < -0.4 is 0 Å². The topological polar surface area (TPSA) is 82.2 Å². The summed E-state index contributed by atoms with van der Waals surface area (Å²) in [6.07, 6.45) is 2.31. The second-order valence-electron chi connectivity index (χ2n) is 6.24. The highest BCUT2D eigenvalue weighted by Gasteiger charge is 2.39. The smallest absolute Gasteiger partial charge is 0.247 e. The van der Waals surface area contributed by atoms with Crippen LogP contribution in [0, 0.1) is 13.8 Å². The van der Waals surface area contributed by atoms with E-state index < -0.39 is 10.0 Å². The molecule has 0 unspecified atom stereocenters. The van der Waals surface area contributed by atoms with Crippen molar-refractivity contribution in [1.82, 2.24) is 23.6 Å². The molecule has 3 rings (SSSR count). The van der Waals surface area contributed by atoms with Crippen molar-refractivity contribution in [3.05, 3.63) is 29.1 Å². The molecule has 0 bridgehead atoms. The highest BCUT2D eigenvalue weighted by Crippen LogP contribution is 2.31. The average Bonchev–Trinajstić information content (AvgIpc) is 2.99. The minimum atomic E-state index is -3.69. The Labute approximate surface area is 142 Å². The normalized spacial score (nSPS) is 18.8.